The maximum atomic E-state index is 14.3. The second-order valence-corrected chi connectivity index (χ2v) is 8.31. The molecule has 0 spiro atoms. The lowest BCUT2D eigenvalue weighted by atomic mass is 10.0. The summed E-state index contributed by atoms with van der Waals surface area (Å²) >= 11 is 5.83. The molecule has 32 heavy (non-hydrogen) atoms. The number of benzene rings is 2. The average molecular weight is 453 g/mol. The first-order valence-electron chi connectivity index (χ1n) is 10.2. The fourth-order valence-corrected chi connectivity index (χ4v) is 3.78. The number of carbonyl (C=O) groups is 2. The number of nitrogens with zero attached hydrogens (tertiary/aromatic N) is 1. The van der Waals surface area contributed by atoms with Crippen molar-refractivity contribution in [3.05, 3.63) is 94.5 Å². The summed E-state index contributed by atoms with van der Waals surface area (Å²) in [6.45, 7) is 0. The molecule has 0 radical (unpaired) electrons. The van der Waals surface area contributed by atoms with Gasteiger partial charge in [0.2, 0.25) is 5.91 Å². The molecule has 4 rings (SSSR count). The van der Waals surface area contributed by atoms with Crippen molar-refractivity contribution >= 4 is 29.1 Å². The van der Waals surface area contributed by atoms with Gasteiger partial charge >= 0.3 is 0 Å². The van der Waals surface area contributed by atoms with Crippen molar-refractivity contribution in [2.75, 3.05) is 5.32 Å². The molecule has 0 bridgehead atoms. The molecular formula is C24H22ClFN4O2. The van der Waals surface area contributed by atoms with E-state index in [9.17, 15) is 14.0 Å². The highest BCUT2D eigenvalue weighted by Gasteiger charge is 2.47. The Kier molecular flexibility index (Phi) is 6.21. The van der Waals surface area contributed by atoms with Gasteiger partial charge in [-0.2, -0.15) is 0 Å². The Hall–Kier alpha value is -3.29. The van der Waals surface area contributed by atoms with E-state index < -0.39 is 17.4 Å². The van der Waals surface area contributed by atoms with Crippen LogP contribution in [0.2, 0.25) is 5.02 Å². The van der Waals surface area contributed by atoms with E-state index in [4.69, 9.17) is 17.3 Å². The van der Waals surface area contributed by atoms with Crippen LogP contribution in [0.3, 0.4) is 0 Å². The van der Waals surface area contributed by atoms with E-state index in [1.54, 1.807) is 60.9 Å². The number of nitrogens with two attached hydrogens (primary N) is 1. The van der Waals surface area contributed by atoms with Crippen molar-refractivity contribution in [3.63, 3.8) is 0 Å². The molecule has 1 unspecified atom stereocenters. The number of anilines is 1. The summed E-state index contributed by atoms with van der Waals surface area (Å²) < 4.78 is 14.3. The van der Waals surface area contributed by atoms with Crippen LogP contribution < -0.4 is 16.4 Å². The van der Waals surface area contributed by atoms with Crippen LogP contribution in [0.4, 0.5) is 10.1 Å². The molecule has 1 aliphatic rings. The zero-order valence-corrected chi connectivity index (χ0v) is 17.9. The normalized spacial score (nSPS) is 15.0. The molecule has 1 fully saturated rings. The number of rotatable bonds is 7. The smallest absolute Gasteiger partial charge is 0.255 e. The van der Waals surface area contributed by atoms with Gasteiger partial charge in [0.05, 0.1) is 5.54 Å². The number of hydrogen-bond acceptors (Lipinski definition) is 4. The van der Waals surface area contributed by atoms with Crippen LogP contribution in [0.1, 0.15) is 46.8 Å². The number of pyridine rings is 1. The number of carbonyl (C=O) groups excluding carboxylic acids is 2. The lowest BCUT2D eigenvalue weighted by Gasteiger charge is -2.20. The van der Waals surface area contributed by atoms with Crippen LogP contribution in [-0.4, -0.2) is 16.8 Å². The van der Waals surface area contributed by atoms with Crippen LogP contribution in [0.25, 0.3) is 0 Å². The molecule has 8 heteroatoms. The first-order valence-corrected chi connectivity index (χ1v) is 10.6. The average Bonchev–Trinajstić information content (AvgIpc) is 3.54. The maximum Gasteiger partial charge on any atom is 0.255 e. The topological polar surface area (TPSA) is 97.1 Å². The molecular weight excluding hydrogens is 431 g/mol. The van der Waals surface area contributed by atoms with E-state index in [-0.39, 0.29) is 18.2 Å². The molecule has 2 amide bonds. The second kappa shape index (κ2) is 9.06. The summed E-state index contributed by atoms with van der Waals surface area (Å²) in [5.74, 6) is -0.946. The Labute approximate surface area is 190 Å². The molecule has 0 aliphatic heterocycles. The minimum atomic E-state index is -0.694. The summed E-state index contributed by atoms with van der Waals surface area (Å²) in [6.07, 6.45) is 4.55. The Morgan fingerprint density at radius 1 is 1.09 bits per heavy atom. The maximum absolute atomic E-state index is 14.3. The van der Waals surface area contributed by atoms with Crippen LogP contribution in [0, 0.1) is 5.82 Å². The van der Waals surface area contributed by atoms with Gasteiger partial charge in [-0.15, -0.1) is 0 Å². The van der Waals surface area contributed by atoms with Crippen molar-refractivity contribution in [1.29, 1.82) is 0 Å². The molecule has 1 atom stereocenters. The Bertz CT molecular complexity index is 1130. The molecule has 4 N–H and O–H groups in total. The van der Waals surface area contributed by atoms with Gasteiger partial charge in [-0.3, -0.25) is 14.6 Å². The standard InChI is InChI=1S/C24H22ClFN4O2/c25-17-5-6-19(20(26)13-17)24(9-10-24)30-22(31)14-21(27)15-1-3-16(4-2-15)23(32)29-18-7-11-28-12-8-18/h1-8,11-13,21H,9-10,14,27H2,(H,30,31)(H,28,29,32). The monoisotopic (exact) mass is 452 g/mol. The van der Waals surface area contributed by atoms with Gasteiger partial charge in [-0.25, -0.2) is 4.39 Å². The molecule has 3 aromatic rings. The van der Waals surface area contributed by atoms with Crippen molar-refractivity contribution in [2.24, 2.45) is 5.73 Å². The van der Waals surface area contributed by atoms with Gasteiger partial charge in [-0.1, -0.05) is 29.8 Å². The lowest BCUT2D eigenvalue weighted by Crippen LogP contribution is -2.37. The lowest BCUT2D eigenvalue weighted by molar-refractivity contribution is -0.122. The highest BCUT2D eigenvalue weighted by molar-refractivity contribution is 6.30. The zero-order chi connectivity index (χ0) is 22.7. The zero-order valence-electron chi connectivity index (χ0n) is 17.1. The van der Waals surface area contributed by atoms with Crippen molar-refractivity contribution < 1.29 is 14.0 Å². The van der Waals surface area contributed by atoms with Gasteiger partial charge in [0, 0.05) is 46.7 Å². The molecule has 1 aromatic heterocycles. The van der Waals surface area contributed by atoms with E-state index in [1.165, 1.54) is 6.07 Å². The van der Waals surface area contributed by atoms with Crippen molar-refractivity contribution in [2.45, 2.75) is 30.8 Å². The third kappa shape index (κ3) is 4.95. The van der Waals surface area contributed by atoms with E-state index in [0.717, 1.165) is 5.56 Å². The van der Waals surface area contributed by atoms with Crippen LogP contribution in [0.15, 0.2) is 67.0 Å². The summed E-state index contributed by atoms with van der Waals surface area (Å²) in [5.41, 5.74) is 7.80. The quantitative estimate of drug-likeness (QED) is 0.497. The summed E-state index contributed by atoms with van der Waals surface area (Å²) in [6, 6.07) is 14.1. The number of amides is 2. The van der Waals surface area contributed by atoms with E-state index in [0.29, 0.717) is 34.7 Å². The highest BCUT2D eigenvalue weighted by atomic mass is 35.5. The summed E-state index contributed by atoms with van der Waals surface area (Å²) in [4.78, 5) is 28.9. The fraction of sp³-hybridized carbons (Fsp3) is 0.208. The van der Waals surface area contributed by atoms with E-state index in [1.807, 2.05) is 0 Å². The minimum absolute atomic E-state index is 0.0412. The predicted octanol–water partition coefficient (Wildman–Crippen LogP) is 4.32. The first-order chi connectivity index (χ1) is 15.4. The van der Waals surface area contributed by atoms with Gasteiger partial charge < -0.3 is 16.4 Å². The van der Waals surface area contributed by atoms with Crippen LogP contribution >= 0.6 is 11.6 Å². The summed E-state index contributed by atoms with van der Waals surface area (Å²) in [5, 5.41) is 6.03. The Morgan fingerprint density at radius 2 is 1.78 bits per heavy atom. The molecule has 164 valence electrons. The first kappa shape index (κ1) is 21.9. The second-order valence-electron chi connectivity index (χ2n) is 7.88. The highest BCUT2D eigenvalue weighted by Crippen LogP contribution is 2.47. The minimum Gasteiger partial charge on any atom is -0.346 e. The number of aromatic nitrogens is 1. The molecule has 0 saturated heterocycles. The van der Waals surface area contributed by atoms with Crippen LogP contribution in [0.5, 0.6) is 0 Å². The number of nitrogens with one attached hydrogen (secondary N) is 2. The van der Waals surface area contributed by atoms with Gasteiger partial charge in [0.1, 0.15) is 5.82 Å². The predicted molar refractivity (Wildman–Crippen MR) is 121 cm³/mol. The number of hydrogen-bond donors (Lipinski definition) is 3. The summed E-state index contributed by atoms with van der Waals surface area (Å²) in [7, 11) is 0. The van der Waals surface area contributed by atoms with Crippen molar-refractivity contribution in [1.82, 2.24) is 10.3 Å². The largest absolute Gasteiger partial charge is 0.346 e. The van der Waals surface area contributed by atoms with Gasteiger partial charge in [0.25, 0.3) is 5.91 Å². The molecule has 1 saturated carbocycles. The third-order valence-electron chi connectivity index (χ3n) is 5.52. The molecule has 1 aliphatic carbocycles. The Morgan fingerprint density at radius 3 is 2.41 bits per heavy atom. The fourth-order valence-electron chi connectivity index (χ4n) is 3.62. The SMILES string of the molecule is NC(CC(=O)NC1(c2ccc(Cl)cc2F)CC1)c1ccc(C(=O)Nc2ccncc2)cc1. The number of halogens is 2. The van der Waals surface area contributed by atoms with Gasteiger partial charge in [-0.05, 0) is 54.8 Å². The van der Waals surface area contributed by atoms with Gasteiger partial charge in [0.15, 0.2) is 0 Å². The Balaban J connectivity index is 1.36. The third-order valence-corrected chi connectivity index (χ3v) is 5.76. The molecule has 6 nitrogen and oxygen atoms in total. The molecule has 2 aromatic carbocycles. The van der Waals surface area contributed by atoms with E-state index in [2.05, 4.69) is 15.6 Å². The van der Waals surface area contributed by atoms with E-state index >= 15 is 0 Å². The van der Waals surface area contributed by atoms with Crippen LogP contribution in [-0.2, 0) is 10.3 Å². The molecule has 1 heterocycles. The van der Waals surface area contributed by atoms with Crippen molar-refractivity contribution in [3.8, 4) is 0 Å².